The number of sulfonamides is 1. The van der Waals surface area contributed by atoms with E-state index in [1.54, 1.807) is 36.7 Å². The van der Waals surface area contributed by atoms with E-state index in [1.807, 2.05) is 6.07 Å². The van der Waals surface area contributed by atoms with Crippen LogP contribution < -0.4 is 4.31 Å². The summed E-state index contributed by atoms with van der Waals surface area (Å²) >= 11 is 0. The highest BCUT2D eigenvalue weighted by Gasteiger charge is 2.32. The Bertz CT molecular complexity index is 1400. The van der Waals surface area contributed by atoms with Crippen molar-refractivity contribution in [3.8, 4) is 22.7 Å². The molecule has 0 aliphatic heterocycles. The summed E-state index contributed by atoms with van der Waals surface area (Å²) in [5.74, 6) is 1.13. The van der Waals surface area contributed by atoms with E-state index in [0.717, 1.165) is 29.4 Å². The molecule has 1 saturated carbocycles. The molecule has 0 radical (unpaired) electrons. The van der Waals surface area contributed by atoms with Crippen LogP contribution in [0.5, 0.6) is 0 Å². The Morgan fingerprint density at radius 2 is 2.03 bits per heavy atom. The van der Waals surface area contributed by atoms with Gasteiger partial charge in [0, 0.05) is 29.4 Å². The number of rotatable bonds is 7. The fourth-order valence-electron chi connectivity index (χ4n) is 4.06. The topological polar surface area (TPSA) is 79.2 Å². The van der Waals surface area contributed by atoms with Gasteiger partial charge >= 0.3 is 0 Å². The molecule has 0 atom stereocenters. The summed E-state index contributed by atoms with van der Waals surface area (Å²) < 4.78 is 46.3. The van der Waals surface area contributed by atoms with Crippen LogP contribution in [0, 0.1) is 5.82 Å². The molecule has 0 amide bonds. The van der Waals surface area contributed by atoms with Gasteiger partial charge in [0.05, 0.1) is 24.1 Å². The van der Waals surface area contributed by atoms with Crippen molar-refractivity contribution >= 4 is 26.7 Å². The second kappa shape index (κ2) is 7.63. The van der Waals surface area contributed by atoms with Crippen molar-refractivity contribution < 1.29 is 17.2 Å². The van der Waals surface area contributed by atoms with Gasteiger partial charge in [-0.25, -0.2) is 17.8 Å². The summed E-state index contributed by atoms with van der Waals surface area (Å²) in [7, 11) is -3.52. The quantitative estimate of drug-likeness (QED) is 0.379. The van der Waals surface area contributed by atoms with Crippen molar-refractivity contribution in [3.63, 3.8) is 0 Å². The Morgan fingerprint density at radius 1 is 1.28 bits per heavy atom. The maximum absolute atomic E-state index is 13.5. The molecular weight excluding hydrogens is 429 g/mol. The number of aromatic nitrogens is 2. The number of H-pyrrole nitrogens is 1. The molecule has 2 aromatic carbocycles. The molecule has 0 bridgehead atoms. The van der Waals surface area contributed by atoms with E-state index in [2.05, 4.69) is 16.5 Å². The van der Waals surface area contributed by atoms with E-state index in [-0.39, 0.29) is 18.3 Å². The molecule has 8 heteroatoms. The SMILES string of the molecule is C=CCN(c1cc2oc(-c3ccc(F)cc3)c(-c3ncc[nH]3)c2cc1C1CC1)S(C)(=O)=O. The second-order valence-corrected chi connectivity index (χ2v) is 9.92. The second-order valence-electron chi connectivity index (χ2n) is 8.02. The Balaban J connectivity index is 1.80. The number of fused-ring (bicyclic) bond motifs is 1. The van der Waals surface area contributed by atoms with E-state index in [9.17, 15) is 12.8 Å². The van der Waals surface area contributed by atoms with E-state index in [0.29, 0.717) is 28.4 Å². The van der Waals surface area contributed by atoms with Crippen molar-refractivity contribution in [2.45, 2.75) is 18.8 Å². The van der Waals surface area contributed by atoms with Gasteiger partial charge in [-0.3, -0.25) is 4.31 Å². The molecule has 0 saturated heterocycles. The fourth-order valence-corrected chi connectivity index (χ4v) is 4.95. The largest absolute Gasteiger partial charge is 0.455 e. The average Bonchev–Trinajstić information content (AvgIpc) is 3.32. The predicted octanol–water partition coefficient (Wildman–Crippen LogP) is 5.46. The third kappa shape index (κ3) is 3.60. The number of nitrogens with zero attached hydrogens (tertiary/aromatic N) is 2. The monoisotopic (exact) mass is 451 g/mol. The molecule has 0 unspecified atom stereocenters. The van der Waals surface area contributed by atoms with E-state index in [1.165, 1.54) is 22.7 Å². The summed E-state index contributed by atoms with van der Waals surface area (Å²) in [6.45, 7) is 3.89. The maximum Gasteiger partial charge on any atom is 0.232 e. The van der Waals surface area contributed by atoms with E-state index in [4.69, 9.17) is 4.42 Å². The summed E-state index contributed by atoms with van der Waals surface area (Å²) in [6.07, 6.45) is 8.16. The lowest BCUT2D eigenvalue weighted by Crippen LogP contribution is -2.30. The van der Waals surface area contributed by atoms with Gasteiger partial charge in [0.15, 0.2) is 0 Å². The molecule has 2 aromatic heterocycles. The number of anilines is 1. The van der Waals surface area contributed by atoms with Crippen LogP contribution in [0.1, 0.15) is 24.3 Å². The number of nitrogens with one attached hydrogen (secondary N) is 1. The van der Waals surface area contributed by atoms with Crippen molar-refractivity contribution in [1.29, 1.82) is 0 Å². The van der Waals surface area contributed by atoms with Gasteiger partial charge in [0.2, 0.25) is 10.0 Å². The number of imidazole rings is 1. The minimum absolute atomic E-state index is 0.167. The van der Waals surface area contributed by atoms with E-state index >= 15 is 0 Å². The Morgan fingerprint density at radius 3 is 2.62 bits per heavy atom. The lowest BCUT2D eigenvalue weighted by atomic mass is 10.0. The number of hydrogen-bond donors (Lipinski definition) is 1. The molecule has 1 fully saturated rings. The molecule has 6 nitrogen and oxygen atoms in total. The highest BCUT2D eigenvalue weighted by atomic mass is 32.2. The zero-order valence-electron chi connectivity index (χ0n) is 17.5. The molecule has 4 aromatic rings. The number of furan rings is 1. The van der Waals surface area contributed by atoms with Crippen molar-refractivity contribution in [3.05, 3.63) is 72.8 Å². The smallest absolute Gasteiger partial charge is 0.232 e. The van der Waals surface area contributed by atoms with Crippen LogP contribution in [-0.2, 0) is 10.0 Å². The van der Waals surface area contributed by atoms with Crippen LogP contribution in [0.25, 0.3) is 33.7 Å². The first-order valence-electron chi connectivity index (χ1n) is 10.3. The van der Waals surface area contributed by atoms with Crippen molar-refractivity contribution in [1.82, 2.24) is 9.97 Å². The number of aromatic amines is 1. The van der Waals surface area contributed by atoms with Gasteiger partial charge in [0.1, 0.15) is 23.0 Å². The first-order valence-corrected chi connectivity index (χ1v) is 12.2. The lowest BCUT2D eigenvalue weighted by molar-refractivity contribution is 0.598. The van der Waals surface area contributed by atoms with Gasteiger partial charge in [-0.15, -0.1) is 6.58 Å². The molecule has 1 aliphatic carbocycles. The Kier molecular flexibility index (Phi) is 4.89. The Labute approximate surface area is 185 Å². The van der Waals surface area contributed by atoms with Crippen molar-refractivity contribution in [2.24, 2.45) is 0 Å². The summed E-state index contributed by atoms with van der Waals surface area (Å²) in [5.41, 5.74) is 3.57. The highest BCUT2D eigenvalue weighted by Crippen LogP contribution is 2.49. The first kappa shape index (κ1) is 20.5. The Hall–Kier alpha value is -3.39. The minimum Gasteiger partial charge on any atom is -0.455 e. The molecule has 2 heterocycles. The van der Waals surface area contributed by atoms with Crippen molar-refractivity contribution in [2.75, 3.05) is 17.1 Å². The van der Waals surface area contributed by atoms with Crippen LogP contribution >= 0.6 is 0 Å². The van der Waals surface area contributed by atoms with Crippen LogP contribution in [0.15, 0.2) is 65.9 Å². The summed E-state index contributed by atoms with van der Waals surface area (Å²) in [6, 6.07) is 9.87. The van der Waals surface area contributed by atoms with Gasteiger partial charge < -0.3 is 9.40 Å². The third-order valence-electron chi connectivity index (χ3n) is 5.66. The minimum atomic E-state index is -3.52. The van der Waals surface area contributed by atoms with Crippen LogP contribution in [0.4, 0.5) is 10.1 Å². The standard InChI is InChI=1S/C24H22FN3O3S/c1-3-12-28(32(2,29)30)20-14-21-19(13-18(20)15-4-5-15)22(24-26-10-11-27-24)23(31-21)16-6-8-17(25)9-7-16/h3,6-11,13-15H,1,4-5,12H2,2H3,(H,26,27). The highest BCUT2D eigenvalue weighted by molar-refractivity contribution is 7.92. The number of halogens is 1. The summed E-state index contributed by atoms with van der Waals surface area (Å²) in [5, 5.41) is 0.831. The van der Waals surface area contributed by atoms with Gasteiger partial charge in [-0.05, 0) is 54.7 Å². The zero-order valence-corrected chi connectivity index (χ0v) is 18.3. The molecule has 0 spiro atoms. The van der Waals surface area contributed by atoms with Gasteiger partial charge in [0.25, 0.3) is 0 Å². The molecule has 164 valence electrons. The van der Waals surface area contributed by atoms with Crippen LogP contribution in [-0.4, -0.2) is 31.2 Å². The van der Waals surface area contributed by atoms with E-state index < -0.39 is 10.0 Å². The molecule has 32 heavy (non-hydrogen) atoms. The predicted molar refractivity (Wildman–Crippen MR) is 124 cm³/mol. The lowest BCUT2D eigenvalue weighted by Gasteiger charge is -2.23. The zero-order chi connectivity index (χ0) is 22.5. The fraction of sp³-hybridized carbons (Fsp3) is 0.208. The van der Waals surface area contributed by atoms with Crippen LogP contribution in [0.2, 0.25) is 0 Å². The normalized spacial score (nSPS) is 14.1. The summed E-state index contributed by atoms with van der Waals surface area (Å²) in [4.78, 5) is 7.55. The maximum atomic E-state index is 13.5. The molecule has 1 N–H and O–H groups in total. The number of benzene rings is 2. The third-order valence-corrected chi connectivity index (χ3v) is 6.81. The average molecular weight is 452 g/mol. The van der Waals surface area contributed by atoms with Gasteiger partial charge in [-0.2, -0.15) is 0 Å². The molecule has 1 aliphatic rings. The van der Waals surface area contributed by atoms with Gasteiger partial charge in [-0.1, -0.05) is 6.08 Å². The molecule has 5 rings (SSSR count). The number of hydrogen-bond acceptors (Lipinski definition) is 4. The van der Waals surface area contributed by atoms with Crippen LogP contribution in [0.3, 0.4) is 0 Å². The molecular formula is C24H22FN3O3S. The first-order chi connectivity index (χ1) is 15.4.